The zero-order valence-corrected chi connectivity index (χ0v) is 8.54. The van der Waals surface area contributed by atoms with Gasteiger partial charge in [0.25, 0.3) is 0 Å². The topological polar surface area (TPSA) is 113 Å². The number of carbonyl (C=O) groups excluding carboxylic acids is 2. The van der Waals surface area contributed by atoms with Crippen molar-refractivity contribution in [2.45, 2.75) is 18.7 Å². The van der Waals surface area contributed by atoms with E-state index in [1.165, 1.54) is 0 Å². The largest absolute Gasteiger partial charge is 0.420 e. The average Bonchev–Trinajstić information content (AvgIpc) is 2.15. The van der Waals surface area contributed by atoms with E-state index in [1.54, 1.807) is 0 Å². The molecule has 0 amide bonds. The predicted molar refractivity (Wildman–Crippen MR) is 50.4 cm³/mol. The molecule has 0 aromatic rings. The molecule has 0 fully saturated rings. The first-order valence-electron chi connectivity index (χ1n) is 4.04. The lowest BCUT2D eigenvalue weighted by molar-refractivity contribution is -0.436. The Kier molecular flexibility index (Phi) is 4.36. The molecule has 0 heterocycles. The molecule has 1 unspecified atom stereocenters. The van der Waals surface area contributed by atoms with E-state index in [4.69, 9.17) is 0 Å². The Bertz CT molecular complexity index is 284. The minimum Gasteiger partial charge on any atom is -0.420 e. The lowest BCUT2D eigenvalue weighted by Gasteiger charge is -2.33. The van der Waals surface area contributed by atoms with Crippen molar-refractivity contribution >= 4 is 11.9 Å². The van der Waals surface area contributed by atoms with E-state index < -0.39 is 23.7 Å². The van der Waals surface area contributed by atoms with Crippen molar-refractivity contribution in [2.75, 3.05) is 0 Å². The van der Waals surface area contributed by atoms with Gasteiger partial charge in [0.2, 0.25) is 0 Å². The summed E-state index contributed by atoms with van der Waals surface area (Å²) in [5, 5.41) is 27.8. The van der Waals surface area contributed by atoms with Crippen LogP contribution in [0.4, 0.5) is 0 Å². The molecule has 0 aliphatic rings. The molecule has 0 saturated carbocycles. The van der Waals surface area contributed by atoms with Crippen LogP contribution >= 0.6 is 0 Å². The summed E-state index contributed by atoms with van der Waals surface area (Å²) in [4.78, 5) is 21.4. The number of hydrogen-bond donors (Lipinski definition) is 3. The molecule has 0 aromatic heterocycles. The molecule has 0 aliphatic carbocycles. The van der Waals surface area contributed by atoms with Crippen molar-refractivity contribution in [3.63, 3.8) is 0 Å². The highest BCUT2D eigenvalue weighted by molar-refractivity contribution is 5.82. The van der Waals surface area contributed by atoms with Gasteiger partial charge in [-0.3, -0.25) is 0 Å². The molecule has 7 nitrogen and oxygen atoms in total. The van der Waals surface area contributed by atoms with Crippen molar-refractivity contribution in [3.8, 4) is 0 Å². The van der Waals surface area contributed by atoms with Gasteiger partial charge in [0.15, 0.2) is 0 Å². The molecule has 0 aromatic carbocycles. The maximum absolute atomic E-state index is 10.7. The lowest BCUT2D eigenvalue weighted by atomic mass is 10.2. The normalized spacial score (nSPS) is 14.5. The quantitative estimate of drug-likeness (QED) is 0.309. The van der Waals surface area contributed by atoms with E-state index >= 15 is 0 Å². The summed E-state index contributed by atoms with van der Waals surface area (Å²) in [5.41, 5.74) is 0. The van der Waals surface area contributed by atoms with Crippen molar-refractivity contribution < 1.29 is 34.4 Å². The van der Waals surface area contributed by atoms with E-state index in [1.807, 2.05) is 0 Å². The second-order valence-corrected chi connectivity index (χ2v) is 2.84. The second kappa shape index (κ2) is 4.88. The van der Waals surface area contributed by atoms with Crippen LogP contribution < -0.4 is 0 Å². The third kappa shape index (κ3) is 3.46. The molecule has 0 bridgehead atoms. The molecular formula is C9H12O7. The van der Waals surface area contributed by atoms with Gasteiger partial charge in [-0.2, -0.15) is 0 Å². The van der Waals surface area contributed by atoms with Crippen LogP contribution in [0, 0.1) is 0 Å². The smallest absolute Gasteiger partial charge is 0.393 e. The van der Waals surface area contributed by atoms with Crippen LogP contribution in [0.3, 0.4) is 0 Å². The molecule has 16 heavy (non-hydrogen) atoms. The van der Waals surface area contributed by atoms with E-state index in [2.05, 4.69) is 22.6 Å². The van der Waals surface area contributed by atoms with Gasteiger partial charge in [-0.25, -0.2) is 9.59 Å². The van der Waals surface area contributed by atoms with E-state index in [9.17, 15) is 24.9 Å². The zero-order chi connectivity index (χ0) is 13.0. The highest BCUT2D eigenvalue weighted by atomic mass is 16.8. The first kappa shape index (κ1) is 14.3. The molecule has 0 aliphatic heterocycles. The molecule has 1 atom stereocenters. The number of hydrogen-bond acceptors (Lipinski definition) is 7. The molecule has 0 saturated heterocycles. The molecule has 3 N–H and O–H groups in total. The van der Waals surface area contributed by atoms with Crippen molar-refractivity contribution in [1.82, 2.24) is 0 Å². The van der Waals surface area contributed by atoms with E-state index in [0.29, 0.717) is 19.1 Å². The van der Waals surface area contributed by atoms with Gasteiger partial charge in [0.05, 0.1) is 0 Å². The zero-order valence-electron chi connectivity index (χ0n) is 8.54. The SMILES string of the molecule is C=CC(=O)OC(C)(O)C(O)(O)OC(=O)C=C. The van der Waals surface area contributed by atoms with Crippen LogP contribution in [0.5, 0.6) is 0 Å². The highest BCUT2D eigenvalue weighted by Gasteiger charge is 2.52. The Hall–Kier alpha value is -1.70. The van der Waals surface area contributed by atoms with E-state index in [-0.39, 0.29) is 0 Å². The molecule has 0 spiro atoms. The Morgan fingerprint density at radius 2 is 1.44 bits per heavy atom. The van der Waals surface area contributed by atoms with Crippen LogP contribution in [0.2, 0.25) is 0 Å². The first-order chi connectivity index (χ1) is 7.16. The van der Waals surface area contributed by atoms with Crippen molar-refractivity contribution in [1.29, 1.82) is 0 Å². The van der Waals surface area contributed by atoms with Gasteiger partial charge in [-0.15, -0.1) is 0 Å². The van der Waals surface area contributed by atoms with Crippen LogP contribution in [-0.4, -0.2) is 39.0 Å². The van der Waals surface area contributed by atoms with Crippen LogP contribution in [0.25, 0.3) is 0 Å². The van der Waals surface area contributed by atoms with Gasteiger partial charge in [0.1, 0.15) is 0 Å². The standard InChI is InChI=1S/C9H12O7/c1-4-6(10)15-8(3,12)9(13,14)16-7(11)5-2/h4-5,12-14H,1-2H2,3H3. The van der Waals surface area contributed by atoms with Crippen LogP contribution in [0.1, 0.15) is 6.92 Å². The Morgan fingerprint density at radius 3 is 1.81 bits per heavy atom. The highest BCUT2D eigenvalue weighted by Crippen LogP contribution is 2.23. The lowest BCUT2D eigenvalue weighted by Crippen LogP contribution is -2.57. The van der Waals surface area contributed by atoms with Gasteiger partial charge < -0.3 is 24.8 Å². The van der Waals surface area contributed by atoms with Gasteiger partial charge >= 0.3 is 23.7 Å². The summed E-state index contributed by atoms with van der Waals surface area (Å²) >= 11 is 0. The minimum absolute atomic E-state index is 0.632. The molecule has 0 radical (unpaired) electrons. The molecule has 7 heteroatoms. The fraction of sp³-hybridized carbons (Fsp3) is 0.333. The predicted octanol–water partition coefficient (Wildman–Crippen LogP) is -1.21. The summed E-state index contributed by atoms with van der Waals surface area (Å²) in [6.07, 6.45) is 1.31. The summed E-state index contributed by atoms with van der Waals surface area (Å²) in [5.74, 6) is -8.61. The Morgan fingerprint density at radius 1 is 1.06 bits per heavy atom. The fourth-order valence-corrected chi connectivity index (χ4v) is 0.581. The van der Waals surface area contributed by atoms with Crippen LogP contribution in [0.15, 0.2) is 25.3 Å². The number of esters is 2. The number of carbonyl (C=O) groups is 2. The number of ether oxygens (including phenoxy) is 2. The molecular weight excluding hydrogens is 220 g/mol. The maximum Gasteiger partial charge on any atom is 0.393 e. The Balaban J connectivity index is 4.82. The van der Waals surface area contributed by atoms with Gasteiger partial charge in [0, 0.05) is 19.1 Å². The minimum atomic E-state index is -3.41. The van der Waals surface area contributed by atoms with Gasteiger partial charge in [-0.1, -0.05) is 13.2 Å². The summed E-state index contributed by atoms with van der Waals surface area (Å²) in [6.45, 7) is 6.75. The maximum atomic E-state index is 10.7. The second-order valence-electron chi connectivity index (χ2n) is 2.84. The summed E-state index contributed by atoms with van der Waals surface area (Å²) < 4.78 is 8.17. The molecule has 90 valence electrons. The summed E-state index contributed by atoms with van der Waals surface area (Å²) in [6, 6.07) is 0. The monoisotopic (exact) mass is 232 g/mol. The molecule has 0 rings (SSSR count). The Labute approximate surface area is 91.2 Å². The number of aliphatic hydroxyl groups is 3. The van der Waals surface area contributed by atoms with Gasteiger partial charge in [-0.05, 0) is 0 Å². The average molecular weight is 232 g/mol. The number of rotatable bonds is 5. The van der Waals surface area contributed by atoms with Crippen molar-refractivity contribution in [2.24, 2.45) is 0 Å². The van der Waals surface area contributed by atoms with Crippen molar-refractivity contribution in [3.05, 3.63) is 25.3 Å². The summed E-state index contributed by atoms with van der Waals surface area (Å²) in [7, 11) is 0. The van der Waals surface area contributed by atoms with Crippen LogP contribution in [-0.2, 0) is 19.1 Å². The fourth-order valence-electron chi connectivity index (χ4n) is 0.581. The third-order valence-corrected chi connectivity index (χ3v) is 1.48. The third-order valence-electron chi connectivity index (χ3n) is 1.48. The van der Waals surface area contributed by atoms with E-state index in [0.717, 1.165) is 0 Å². The first-order valence-corrected chi connectivity index (χ1v) is 4.04.